The molecule has 122 valence electrons. The summed E-state index contributed by atoms with van der Waals surface area (Å²) in [5.74, 6) is 2.55. The second-order valence-electron chi connectivity index (χ2n) is 6.40. The normalized spacial score (nSPS) is 30.0. The third-order valence-corrected chi connectivity index (χ3v) is 4.36. The van der Waals surface area contributed by atoms with Crippen molar-refractivity contribution in [3.63, 3.8) is 0 Å². The molecule has 0 spiro atoms. The van der Waals surface area contributed by atoms with Gasteiger partial charge in [0, 0.05) is 13.1 Å². The van der Waals surface area contributed by atoms with Crippen molar-refractivity contribution in [1.29, 1.82) is 0 Å². The summed E-state index contributed by atoms with van der Waals surface area (Å²) in [5, 5.41) is 3.81. The largest absolute Gasteiger partial charge is 0.370 e. The van der Waals surface area contributed by atoms with Gasteiger partial charge in [-0.1, -0.05) is 12.1 Å². The first kappa shape index (κ1) is 15.3. The summed E-state index contributed by atoms with van der Waals surface area (Å²) >= 11 is 0. The molecule has 3 rings (SSSR count). The fourth-order valence-corrected chi connectivity index (χ4v) is 3.16. The molecule has 0 bridgehead atoms. The van der Waals surface area contributed by atoms with Crippen LogP contribution in [0, 0.1) is 12.8 Å². The Morgan fingerprint density at radius 1 is 1.41 bits per heavy atom. The van der Waals surface area contributed by atoms with E-state index in [0.29, 0.717) is 30.1 Å². The summed E-state index contributed by atoms with van der Waals surface area (Å²) in [4.78, 5) is 10.9. The monoisotopic (exact) mass is 307 g/mol. The van der Waals surface area contributed by atoms with Crippen LogP contribution in [0.4, 0.5) is 0 Å². The topological polar surface area (TPSA) is 89.8 Å². The van der Waals surface area contributed by atoms with Crippen LogP contribution >= 0.6 is 0 Å². The van der Waals surface area contributed by atoms with E-state index in [1.807, 2.05) is 6.92 Å². The van der Waals surface area contributed by atoms with E-state index in [-0.39, 0.29) is 12.2 Å². The van der Waals surface area contributed by atoms with Gasteiger partial charge in [0.15, 0.2) is 11.8 Å². The van der Waals surface area contributed by atoms with Crippen molar-refractivity contribution < 1.29 is 9.26 Å². The Morgan fingerprint density at radius 3 is 3.00 bits per heavy atom. The number of hydrogen-bond donors (Lipinski definition) is 1. The number of guanidine groups is 1. The van der Waals surface area contributed by atoms with Gasteiger partial charge in [-0.3, -0.25) is 4.99 Å². The minimum atomic E-state index is -0.0994. The Balaban J connectivity index is 1.50. The lowest BCUT2D eigenvalue weighted by molar-refractivity contribution is 0.0307. The fourth-order valence-electron chi connectivity index (χ4n) is 3.16. The van der Waals surface area contributed by atoms with Crippen LogP contribution in [0.2, 0.25) is 0 Å². The first-order valence-corrected chi connectivity index (χ1v) is 8.12. The van der Waals surface area contributed by atoms with E-state index in [2.05, 4.69) is 27.0 Å². The average molecular weight is 307 g/mol. The second-order valence-corrected chi connectivity index (χ2v) is 6.40. The molecule has 2 N–H and O–H groups in total. The number of nitrogens with zero attached hydrogens (tertiary/aromatic N) is 4. The predicted molar refractivity (Wildman–Crippen MR) is 82.3 cm³/mol. The minimum Gasteiger partial charge on any atom is -0.370 e. The molecule has 0 aromatic carbocycles. The molecule has 0 radical (unpaired) electrons. The van der Waals surface area contributed by atoms with Gasteiger partial charge in [-0.15, -0.1) is 0 Å². The number of aliphatic imine (C=N–C) groups is 1. The lowest BCUT2D eigenvalue weighted by Crippen LogP contribution is -2.43. The summed E-state index contributed by atoms with van der Waals surface area (Å²) < 4.78 is 11.1. The van der Waals surface area contributed by atoms with Crippen LogP contribution in [-0.2, 0) is 4.74 Å². The second kappa shape index (κ2) is 6.64. The van der Waals surface area contributed by atoms with E-state index >= 15 is 0 Å². The predicted octanol–water partition coefficient (Wildman–Crippen LogP) is 1.64. The third-order valence-electron chi connectivity index (χ3n) is 4.36. The number of rotatable bonds is 3. The molecular weight excluding hydrogens is 282 g/mol. The number of nitrogens with two attached hydrogens (primary N) is 1. The molecule has 3 atom stereocenters. The molecule has 1 aromatic rings. The molecular formula is C15H25N5O2. The molecule has 7 heteroatoms. The maximum absolute atomic E-state index is 6.12. The molecule has 3 heterocycles. The molecule has 2 aliphatic heterocycles. The quantitative estimate of drug-likeness (QED) is 0.674. The first-order chi connectivity index (χ1) is 10.6. The van der Waals surface area contributed by atoms with Crippen LogP contribution in [-0.4, -0.2) is 46.7 Å². The van der Waals surface area contributed by atoms with Gasteiger partial charge in [-0.25, -0.2) is 0 Å². The van der Waals surface area contributed by atoms with E-state index in [1.165, 1.54) is 12.8 Å². The Morgan fingerprint density at radius 2 is 2.27 bits per heavy atom. The average Bonchev–Trinajstić information content (AvgIpc) is 3.13. The van der Waals surface area contributed by atoms with Gasteiger partial charge in [0.05, 0.1) is 12.6 Å². The van der Waals surface area contributed by atoms with E-state index in [0.717, 1.165) is 25.9 Å². The van der Waals surface area contributed by atoms with Gasteiger partial charge in [0.25, 0.3) is 5.89 Å². The molecule has 1 aromatic heterocycles. The Bertz CT molecular complexity index is 530. The smallest absolute Gasteiger partial charge is 0.255 e. The fraction of sp³-hybridized carbons (Fsp3) is 0.800. The lowest BCUT2D eigenvalue weighted by Gasteiger charge is -2.31. The number of aryl methyl sites for hydroxylation is 1. The highest BCUT2D eigenvalue weighted by Gasteiger charge is 2.30. The number of piperidine rings is 1. The van der Waals surface area contributed by atoms with Gasteiger partial charge < -0.3 is 19.9 Å². The van der Waals surface area contributed by atoms with Gasteiger partial charge in [0.2, 0.25) is 0 Å². The third kappa shape index (κ3) is 3.58. The van der Waals surface area contributed by atoms with Gasteiger partial charge in [0.1, 0.15) is 6.10 Å². The van der Waals surface area contributed by atoms with Gasteiger partial charge >= 0.3 is 0 Å². The maximum atomic E-state index is 6.12. The first-order valence-electron chi connectivity index (χ1n) is 8.12. The molecule has 2 aliphatic rings. The number of likely N-dealkylation sites (tertiary alicyclic amines) is 1. The van der Waals surface area contributed by atoms with Crippen molar-refractivity contribution in [2.75, 3.05) is 19.6 Å². The standard InChI is InChI=1S/C15H25N5O2/c1-10-4-3-7-20(9-10)15(16)17-8-12-5-6-13(21-12)14-18-11(2)19-22-14/h10,12-13H,3-9H2,1-2H3,(H2,16,17)/t10?,12-,13+/m1/s1. The van der Waals surface area contributed by atoms with E-state index in [1.54, 1.807) is 0 Å². The summed E-state index contributed by atoms with van der Waals surface area (Å²) in [6.07, 6.45) is 4.29. The number of ether oxygens (including phenoxy) is 1. The van der Waals surface area contributed by atoms with Crippen molar-refractivity contribution in [3.05, 3.63) is 11.7 Å². The molecule has 22 heavy (non-hydrogen) atoms. The van der Waals surface area contributed by atoms with Crippen molar-refractivity contribution in [1.82, 2.24) is 15.0 Å². The Kier molecular flexibility index (Phi) is 4.61. The highest BCUT2D eigenvalue weighted by Crippen LogP contribution is 2.31. The van der Waals surface area contributed by atoms with Gasteiger partial charge in [-0.2, -0.15) is 4.98 Å². The zero-order valence-corrected chi connectivity index (χ0v) is 13.4. The van der Waals surface area contributed by atoms with Gasteiger partial charge in [-0.05, 0) is 38.5 Å². The Hall–Kier alpha value is -1.63. The number of hydrogen-bond acceptors (Lipinski definition) is 5. The van der Waals surface area contributed by atoms with Crippen molar-refractivity contribution in [2.24, 2.45) is 16.6 Å². The molecule has 1 unspecified atom stereocenters. The lowest BCUT2D eigenvalue weighted by atomic mass is 10.0. The summed E-state index contributed by atoms with van der Waals surface area (Å²) in [6, 6.07) is 0. The summed E-state index contributed by atoms with van der Waals surface area (Å²) in [6.45, 7) is 6.68. The van der Waals surface area contributed by atoms with Crippen LogP contribution in [0.15, 0.2) is 9.52 Å². The van der Waals surface area contributed by atoms with E-state index in [9.17, 15) is 0 Å². The van der Waals surface area contributed by atoms with E-state index in [4.69, 9.17) is 15.0 Å². The summed E-state index contributed by atoms with van der Waals surface area (Å²) in [7, 11) is 0. The summed E-state index contributed by atoms with van der Waals surface area (Å²) in [5.41, 5.74) is 6.12. The van der Waals surface area contributed by atoms with Crippen molar-refractivity contribution in [2.45, 2.75) is 51.7 Å². The molecule has 0 aliphatic carbocycles. The maximum Gasteiger partial charge on any atom is 0.255 e. The minimum absolute atomic E-state index is 0.0815. The van der Waals surface area contributed by atoms with E-state index < -0.39 is 0 Å². The molecule has 2 saturated heterocycles. The zero-order valence-electron chi connectivity index (χ0n) is 13.4. The molecule has 7 nitrogen and oxygen atoms in total. The van der Waals surface area contributed by atoms with Crippen LogP contribution in [0.3, 0.4) is 0 Å². The molecule has 2 fully saturated rings. The van der Waals surface area contributed by atoms with Crippen LogP contribution in [0.25, 0.3) is 0 Å². The van der Waals surface area contributed by atoms with Crippen LogP contribution in [0.1, 0.15) is 50.4 Å². The highest BCUT2D eigenvalue weighted by atomic mass is 16.5. The highest BCUT2D eigenvalue weighted by molar-refractivity contribution is 5.78. The molecule has 0 amide bonds. The Labute approximate surface area is 130 Å². The van der Waals surface area contributed by atoms with Crippen LogP contribution < -0.4 is 5.73 Å². The van der Waals surface area contributed by atoms with Crippen molar-refractivity contribution in [3.8, 4) is 0 Å². The SMILES string of the molecule is Cc1noc([C@@H]2CC[C@H](CN=C(N)N3CCCC(C)C3)O2)n1. The number of aromatic nitrogens is 2. The molecule has 0 saturated carbocycles. The van der Waals surface area contributed by atoms with Crippen LogP contribution in [0.5, 0.6) is 0 Å². The zero-order chi connectivity index (χ0) is 15.5. The van der Waals surface area contributed by atoms with Crippen molar-refractivity contribution >= 4 is 5.96 Å².